The molecule has 0 aliphatic rings. The molecule has 0 spiro atoms. The fourth-order valence-corrected chi connectivity index (χ4v) is 1.20. The minimum atomic E-state index is -0.230. The van der Waals surface area contributed by atoms with Gasteiger partial charge in [0.15, 0.2) is 0 Å². The molecule has 0 N–H and O–H groups in total. The van der Waals surface area contributed by atoms with E-state index < -0.39 is 0 Å². The monoisotopic (exact) mass is 184 g/mol. The predicted molar refractivity (Wildman–Crippen MR) is 54.5 cm³/mol. The standard InChI is InChI=1S/C11H20O2/c1-4-7-10(3)8-6-9-11(12)13-5-2/h6,9-10H,4-5,7-8H2,1-3H3/b9-6+/t10-/m1/s1. The van der Waals surface area contributed by atoms with Crippen LogP contribution in [0.1, 0.15) is 40.0 Å². The summed E-state index contributed by atoms with van der Waals surface area (Å²) in [6.07, 6.45) is 6.81. The van der Waals surface area contributed by atoms with Crippen LogP contribution in [0.5, 0.6) is 0 Å². The highest BCUT2D eigenvalue weighted by atomic mass is 16.5. The van der Waals surface area contributed by atoms with Crippen LogP contribution in [0.4, 0.5) is 0 Å². The normalized spacial score (nSPS) is 13.2. The number of hydrogen-bond donors (Lipinski definition) is 0. The molecule has 0 bridgehead atoms. The Labute approximate surface area is 81.0 Å². The Kier molecular flexibility index (Phi) is 7.36. The molecule has 13 heavy (non-hydrogen) atoms. The first-order chi connectivity index (χ1) is 6.20. The second kappa shape index (κ2) is 7.84. The van der Waals surface area contributed by atoms with Crippen LogP contribution in [0.3, 0.4) is 0 Å². The first kappa shape index (κ1) is 12.2. The van der Waals surface area contributed by atoms with Crippen LogP contribution in [-0.4, -0.2) is 12.6 Å². The molecule has 0 rings (SSSR count). The van der Waals surface area contributed by atoms with Gasteiger partial charge in [0.1, 0.15) is 0 Å². The Morgan fingerprint density at radius 3 is 2.69 bits per heavy atom. The number of hydrogen-bond acceptors (Lipinski definition) is 2. The van der Waals surface area contributed by atoms with Gasteiger partial charge >= 0.3 is 5.97 Å². The van der Waals surface area contributed by atoms with Crippen molar-refractivity contribution in [1.82, 2.24) is 0 Å². The van der Waals surface area contributed by atoms with Crippen molar-refractivity contribution in [3.63, 3.8) is 0 Å². The largest absolute Gasteiger partial charge is 0.463 e. The number of carbonyl (C=O) groups is 1. The maximum Gasteiger partial charge on any atom is 0.330 e. The molecule has 0 amide bonds. The van der Waals surface area contributed by atoms with E-state index in [1.165, 1.54) is 18.9 Å². The number of allylic oxidation sites excluding steroid dienone is 1. The van der Waals surface area contributed by atoms with Gasteiger partial charge in [-0.25, -0.2) is 4.79 Å². The van der Waals surface area contributed by atoms with Gasteiger partial charge in [0.2, 0.25) is 0 Å². The summed E-state index contributed by atoms with van der Waals surface area (Å²) in [5.41, 5.74) is 0. The van der Waals surface area contributed by atoms with E-state index in [4.69, 9.17) is 4.74 Å². The quantitative estimate of drug-likeness (QED) is 0.468. The van der Waals surface area contributed by atoms with E-state index in [2.05, 4.69) is 13.8 Å². The average Bonchev–Trinajstić information content (AvgIpc) is 2.05. The summed E-state index contributed by atoms with van der Waals surface area (Å²) in [6, 6.07) is 0. The van der Waals surface area contributed by atoms with E-state index in [0.29, 0.717) is 12.5 Å². The van der Waals surface area contributed by atoms with Crippen LogP contribution < -0.4 is 0 Å². The predicted octanol–water partition coefficient (Wildman–Crippen LogP) is 2.93. The van der Waals surface area contributed by atoms with Crippen molar-refractivity contribution in [1.29, 1.82) is 0 Å². The molecule has 0 aromatic heterocycles. The van der Waals surface area contributed by atoms with Gasteiger partial charge in [-0.2, -0.15) is 0 Å². The first-order valence-electron chi connectivity index (χ1n) is 5.04. The number of esters is 1. The molecule has 0 saturated carbocycles. The molecule has 76 valence electrons. The van der Waals surface area contributed by atoms with Crippen LogP contribution in [0.2, 0.25) is 0 Å². The lowest BCUT2D eigenvalue weighted by Crippen LogP contribution is -1.99. The molecular weight excluding hydrogens is 164 g/mol. The van der Waals surface area contributed by atoms with Crippen molar-refractivity contribution in [3.8, 4) is 0 Å². The molecule has 0 radical (unpaired) electrons. The van der Waals surface area contributed by atoms with E-state index in [9.17, 15) is 4.79 Å². The van der Waals surface area contributed by atoms with E-state index >= 15 is 0 Å². The fraction of sp³-hybridized carbons (Fsp3) is 0.727. The van der Waals surface area contributed by atoms with Crippen LogP contribution >= 0.6 is 0 Å². The van der Waals surface area contributed by atoms with Crippen molar-refractivity contribution in [2.45, 2.75) is 40.0 Å². The molecule has 0 unspecified atom stereocenters. The van der Waals surface area contributed by atoms with Crippen LogP contribution in [0, 0.1) is 5.92 Å². The van der Waals surface area contributed by atoms with E-state index in [1.54, 1.807) is 0 Å². The maximum atomic E-state index is 10.9. The van der Waals surface area contributed by atoms with Crippen molar-refractivity contribution >= 4 is 5.97 Å². The molecule has 0 aromatic carbocycles. The summed E-state index contributed by atoms with van der Waals surface area (Å²) in [6.45, 7) is 6.63. The average molecular weight is 184 g/mol. The lowest BCUT2D eigenvalue weighted by molar-refractivity contribution is -0.137. The Morgan fingerprint density at radius 2 is 2.15 bits per heavy atom. The zero-order valence-electron chi connectivity index (χ0n) is 8.88. The number of ether oxygens (including phenoxy) is 1. The zero-order chi connectivity index (χ0) is 10.1. The summed E-state index contributed by atoms with van der Waals surface area (Å²) in [4.78, 5) is 10.9. The fourth-order valence-electron chi connectivity index (χ4n) is 1.20. The summed E-state index contributed by atoms with van der Waals surface area (Å²) in [5, 5.41) is 0. The van der Waals surface area contributed by atoms with Crippen molar-refractivity contribution < 1.29 is 9.53 Å². The van der Waals surface area contributed by atoms with Crippen molar-refractivity contribution in [3.05, 3.63) is 12.2 Å². The first-order valence-corrected chi connectivity index (χ1v) is 5.04. The SMILES string of the molecule is CCC[C@@H](C)C/C=C/C(=O)OCC. The van der Waals surface area contributed by atoms with Crippen LogP contribution in [-0.2, 0) is 9.53 Å². The van der Waals surface area contributed by atoms with E-state index in [1.807, 2.05) is 13.0 Å². The van der Waals surface area contributed by atoms with Crippen LogP contribution in [0.25, 0.3) is 0 Å². The molecule has 0 aromatic rings. The molecule has 0 heterocycles. The summed E-state index contributed by atoms with van der Waals surface area (Å²) >= 11 is 0. The Morgan fingerprint density at radius 1 is 1.46 bits per heavy atom. The number of carbonyl (C=O) groups excluding carboxylic acids is 1. The zero-order valence-corrected chi connectivity index (χ0v) is 8.88. The molecule has 0 saturated heterocycles. The van der Waals surface area contributed by atoms with Gasteiger partial charge in [0.25, 0.3) is 0 Å². The highest BCUT2D eigenvalue weighted by molar-refractivity contribution is 5.81. The molecule has 1 atom stereocenters. The summed E-state index contributed by atoms with van der Waals surface area (Å²) < 4.78 is 4.76. The molecule has 2 heteroatoms. The van der Waals surface area contributed by atoms with Gasteiger partial charge < -0.3 is 4.74 Å². The lowest BCUT2D eigenvalue weighted by Gasteiger charge is -2.04. The van der Waals surface area contributed by atoms with Gasteiger partial charge in [-0.1, -0.05) is 32.8 Å². The minimum Gasteiger partial charge on any atom is -0.463 e. The topological polar surface area (TPSA) is 26.3 Å². The Bertz CT molecular complexity index is 161. The molecule has 0 aliphatic heterocycles. The molecule has 0 fully saturated rings. The minimum absolute atomic E-state index is 0.230. The summed E-state index contributed by atoms with van der Waals surface area (Å²) in [7, 11) is 0. The maximum absolute atomic E-state index is 10.9. The third-order valence-electron chi connectivity index (χ3n) is 1.86. The highest BCUT2D eigenvalue weighted by Gasteiger charge is 1.98. The highest BCUT2D eigenvalue weighted by Crippen LogP contribution is 2.09. The third-order valence-corrected chi connectivity index (χ3v) is 1.86. The second-order valence-electron chi connectivity index (χ2n) is 3.28. The van der Waals surface area contributed by atoms with Crippen molar-refractivity contribution in [2.75, 3.05) is 6.61 Å². The Balaban J connectivity index is 3.55. The van der Waals surface area contributed by atoms with E-state index in [0.717, 1.165) is 6.42 Å². The van der Waals surface area contributed by atoms with Gasteiger partial charge in [-0.15, -0.1) is 0 Å². The number of rotatable bonds is 6. The van der Waals surface area contributed by atoms with Gasteiger partial charge in [-0.3, -0.25) is 0 Å². The van der Waals surface area contributed by atoms with Crippen molar-refractivity contribution in [2.24, 2.45) is 5.92 Å². The Hall–Kier alpha value is -0.790. The van der Waals surface area contributed by atoms with Gasteiger partial charge in [0.05, 0.1) is 6.61 Å². The second-order valence-corrected chi connectivity index (χ2v) is 3.28. The third kappa shape index (κ3) is 7.57. The summed E-state index contributed by atoms with van der Waals surface area (Å²) in [5.74, 6) is 0.432. The van der Waals surface area contributed by atoms with E-state index in [-0.39, 0.29) is 5.97 Å². The molecular formula is C11H20O2. The van der Waals surface area contributed by atoms with Gasteiger partial charge in [-0.05, 0) is 19.3 Å². The molecule has 0 aliphatic carbocycles. The smallest absolute Gasteiger partial charge is 0.330 e. The lowest BCUT2D eigenvalue weighted by atomic mass is 10.0. The molecule has 2 nitrogen and oxygen atoms in total. The van der Waals surface area contributed by atoms with Crippen LogP contribution in [0.15, 0.2) is 12.2 Å². The van der Waals surface area contributed by atoms with Gasteiger partial charge in [0, 0.05) is 6.08 Å².